The van der Waals surface area contributed by atoms with Crippen LogP contribution in [0.1, 0.15) is 64.1 Å². The molecule has 112 valence electrons. The number of aryl methyl sites for hydroxylation is 2. The molecule has 0 spiro atoms. The van der Waals surface area contributed by atoms with Gasteiger partial charge in [0, 0.05) is 11.1 Å². The van der Waals surface area contributed by atoms with Crippen molar-refractivity contribution in [2.24, 2.45) is 0 Å². The van der Waals surface area contributed by atoms with E-state index in [4.69, 9.17) is 0 Å². The van der Waals surface area contributed by atoms with Gasteiger partial charge < -0.3 is 0 Å². The second kappa shape index (κ2) is 6.57. The lowest BCUT2D eigenvalue weighted by Crippen LogP contribution is -2.15. The van der Waals surface area contributed by atoms with Crippen LogP contribution in [0.25, 0.3) is 0 Å². The van der Waals surface area contributed by atoms with E-state index in [1.54, 1.807) is 26.8 Å². The highest BCUT2D eigenvalue weighted by Crippen LogP contribution is 2.25. The molecule has 0 aromatic heterocycles. The van der Waals surface area contributed by atoms with Crippen molar-refractivity contribution in [3.63, 3.8) is 0 Å². The van der Waals surface area contributed by atoms with Crippen LogP contribution in [0, 0.1) is 20.8 Å². The number of ketones is 4. The molecule has 1 rings (SSSR count). The Kier molecular flexibility index (Phi) is 5.30. The third-order valence-corrected chi connectivity index (χ3v) is 3.35. The van der Waals surface area contributed by atoms with E-state index in [2.05, 4.69) is 0 Å². The maximum atomic E-state index is 12.2. The Balaban J connectivity index is 3.41. The third-order valence-electron chi connectivity index (χ3n) is 3.35. The van der Waals surface area contributed by atoms with Crippen molar-refractivity contribution in [1.29, 1.82) is 0 Å². The van der Waals surface area contributed by atoms with Crippen LogP contribution in [0.5, 0.6) is 0 Å². The molecule has 0 saturated heterocycles. The van der Waals surface area contributed by atoms with Gasteiger partial charge in [-0.25, -0.2) is 0 Å². The quantitative estimate of drug-likeness (QED) is 0.596. The van der Waals surface area contributed by atoms with Gasteiger partial charge in [0.05, 0.1) is 12.8 Å². The number of hydrogen-bond donors (Lipinski definition) is 0. The molecule has 1 aromatic rings. The maximum Gasteiger partial charge on any atom is 0.170 e. The van der Waals surface area contributed by atoms with E-state index in [1.165, 1.54) is 13.8 Å². The largest absolute Gasteiger partial charge is 0.300 e. The van der Waals surface area contributed by atoms with Gasteiger partial charge in [0.15, 0.2) is 11.6 Å². The molecule has 4 heteroatoms. The molecule has 0 radical (unpaired) electrons. The number of hydrogen-bond acceptors (Lipinski definition) is 4. The standard InChI is InChI=1S/C17H20O4/c1-9-6-10(2)17(15(21)8-12(4)19)13(5)16(9)14(20)7-11(3)18/h6H,7-8H2,1-5H3. The molecule has 0 amide bonds. The minimum atomic E-state index is -0.283. The molecule has 1 aromatic carbocycles. The first-order valence-corrected chi connectivity index (χ1v) is 6.81. The average Bonchev–Trinajstić information content (AvgIpc) is 2.24. The Labute approximate surface area is 124 Å². The van der Waals surface area contributed by atoms with Gasteiger partial charge >= 0.3 is 0 Å². The smallest absolute Gasteiger partial charge is 0.170 e. The molecular weight excluding hydrogens is 268 g/mol. The summed E-state index contributed by atoms with van der Waals surface area (Å²) in [6.07, 6.45) is -0.351. The van der Waals surface area contributed by atoms with Gasteiger partial charge in [-0.3, -0.25) is 19.2 Å². The Hall–Kier alpha value is -2.10. The fraction of sp³-hybridized carbons (Fsp3) is 0.412. The normalized spacial score (nSPS) is 10.3. The lowest BCUT2D eigenvalue weighted by atomic mass is 9.87. The van der Waals surface area contributed by atoms with E-state index in [-0.39, 0.29) is 36.0 Å². The summed E-state index contributed by atoms with van der Waals surface area (Å²) in [5.41, 5.74) is 2.89. The molecule has 0 atom stereocenters. The van der Waals surface area contributed by atoms with Crippen molar-refractivity contribution in [3.05, 3.63) is 33.9 Å². The molecule has 4 nitrogen and oxygen atoms in total. The van der Waals surface area contributed by atoms with Crippen LogP contribution in [-0.4, -0.2) is 23.1 Å². The van der Waals surface area contributed by atoms with Crippen molar-refractivity contribution in [3.8, 4) is 0 Å². The number of benzene rings is 1. The summed E-state index contributed by atoms with van der Waals surface area (Å²) in [4.78, 5) is 46.7. The van der Waals surface area contributed by atoms with E-state index < -0.39 is 0 Å². The van der Waals surface area contributed by atoms with Crippen molar-refractivity contribution >= 4 is 23.1 Å². The van der Waals surface area contributed by atoms with Gasteiger partial charge in [-0.15, -0.1) is 0 Å². The highest BCUT2D eigenvalue weighted by Gasteiger charge is 2.22. The summed E-state index contributed by atoms with van der Waals surface area (Å²) in [5, 5.41) is 0. The summed E-state index contributed by atoms with van der Waals surface area (Å²) < 4.78 is 0. The van der Waals surface area contributed by atoms with E-state index in [0.29, 0.717) is 16.7 Å². The zero-order chi connectivity index (χ0) is 16.3. The molecule has 0 fully saturated rings. The molecule has 0 unspecified atom stereocenters. The SMILES string of the molecule is CC(=O)CC(=O)c1c(C)cc(C)c(C(=O)CC(C)=O)c1C. The lowest BCUT2D eigenvalue weighted by Gasteiger charge is -2.15. The van der Waals surface area contributed by atoms with E-state index in [0.717, 1.165) is 11.1 Å². The fourth-order valence-corrected chi connectivity index (χ4v) is 2.67. The first-order chi connectivity index (χ1) is 9.65. The Bertz CT molecular complexity index is 586. The third kappa shape index (κ3) is 3.94. The molecule has 0 aliphatic heterocycles. The zero-order valence-electron chi connectivity index (χ0n) is 13.1. The first kappa shape index (κ1) is 17.0. The Morgan fingerprint density at radius 1 is 0.762 bits per heavy atom. The monoisotopic (exact) mass is 288 g/mol. The van der Waals surface area contributed by atoms with Gasteiger partial charge in [-0.2, -0.15) is 0 Å². The molecule has 21 heavy (non-hydrogen) atoms. The summed E-state index contributed by atoms with van der Waals surface area (Å²) in [6.45, 7) is 7.98. The van der Waals surface area contributed by atoms with Crippen LogP contribution in [0.15, 0.2) is 6.07 Å². The topological polar surface area (TPSA) is 68.3 Å². The molecule has 0 aliphatic carbocycles. The van der Waals surface area contributed by atoms with Crippen LogP contribution in [0.3, 0.4) is 0 Å². The van der Waals surface area contributed by atoms with Gasteiger partial charge in [0.1, 0.15) is 11.6 Å². The number of rotatable bonds is 6. The second-order valence-electron chi connectivity index (χ2n) is 5.49. The van der Waals surface area contributed by atoms with Crippen molar-refractivity contribution < 1.29 is 19.2 Å². The average molecular weight is 288 g/mol. The molecule has 0 saturated carbocycles. The van der Waals surface area contributed by atoms with Gasteiger partial charge in [-0.05, 0) is 51.3 Å². The minimum Gasteiger partial charge on any atom is -0.300 e. The van der Waals surface area contributed by atoms with Gasteiger partial charge in [-0.1, -0.05) is 6.07 Å². The Morgan fingerprint density at radius 2 is 1.10 bits per heavy atom. The fourth-order valence-electron chi connectivity index (χ4n) is 2.67. The predicted molar refractivity (Wildman–Crippen MR) is 79.9 cm³/mol. The van der Waals surface area contributed by atoms with Gasteiger partial charge in [0.2, 0.25) is 0 Å². The van der Waals surface area contributed by atoms with E-state index in [9.17, 15) is 19.2 Å². The first-order valence-electron chi connectivity index (χ1n) is 6.81. The molecule has 0 N–H and O–H groups in total. The molecular formula is C17H20O4. The van der Waals surface area contributed by atoms with Crippen LogP contribution in [-0.2, 0) is 9.59 Å². The van der Waals surface area contributed by atoms with Crippen molar-refractivity contribution in [2.45, 2.75) is 47.5 Å². The minimum absolute atomic E-state index is 0.176. The predicted octanol–water partition coefficient (Wildman–Crippen LogP) is 2.94. The molecule has 0 heterocycles. The van der Waals surface area contributed by atoms with Crippen LogP contribution in [0.4, 0.5) is 0 Å². The van der Waals surface area contributed by atoms with Crippen LogP contribution in [0.2, 0.25) is 0 Å². The zero-order valence-corrected chi connectivity index (χ0v) is 13.1. The van der Waals surface area contributed by atoms with Crippen molar-refractivity contribution in [2.75, 3.05) is 0 Å². The summed E-state index contributed by atoms with van der Waals surface area (Å²) in [5.74, 6) is -0.990. The molecule has 0 aliphatic rings. The van der Waals surface area contributed by atoms with Crippen LogP contribution >= 0.6 is 0 Å². The highest BCUT2D eigenvalue weighted by molar-refractivity contribution is 6.13. The van der Waals surface area contributed by atoms with Gasteiger partial charge in [0.25, 0.3) is 0 Å². The Morgan fingerprint density at radius 3 is 1.38 bits per heavy atom. The number of carbonyl (C=O) groups excluding carboxylic acids is 4. The summed E-state index contributed by atoms with van der Waals surface area (Å²) in [7, 11) is 0. The van der Waals surface area contributed by atoms with Crippen molar-refractivity contribution in [1.82, 2.24) is 0 Å². The highest BCUT2D eigenvalue weighted by atomic mass is 16.2. The number of carbonyl (C=O) groups is 4. The lowest BCUT2D eigenvalue weighted by molar-refractivity contribution is -0.117. The summed E-state index contributed by atoms with van der Waals surface area (Å²) >= 11 is 0. The van der Waals surface area contributed by atoms with E-state index in [1.807, 2.05) is 0 Å². The summed E-state index contributed by atoms with van der Waals surface area (Å²) in [6, 6.07) is 1.76. The second-order valence-corrected chi connectivity index (χ2v) is 5.49. The van der Waals surface area contributed by atoms with Crippen LogP contribution < -0.4 is 0 Å². The van der Waals surface area contributed by atoms with E-state index >= 15 is 0 Å². The number of Topliss-reactive ketones (excluding diaryl/α,β-unsaturated/α-hetero) is 4. The molecule has 0 bridgehead atoms. The maximum absolute atomic E-state index is 12.2.